The minimum Gasteiger partial charge on any atom is -0.497 e. The fourth-order valence-electron chi connectivity index (χ4n) is 3.60. The van der Waals surface area contributed by atoms with Gasteiger partial charge in [0.25, 0.3) is 0 Å². The molecule has 1 fully saturated rings. The van der Waals surface area contributed by atoms with E-state index < -0.39 is 11.7 Å². The van der Waals surface area contributed by atoms with Crippen molar-refractivity contribution in [1.29, 1.82) is 0 Å². The van der Waals surface area contributed by atoms with Crippen molar-refractivity contribution in [1.82, 2.24) is 19.1 Å². The highest BCUT2D eigenvalue weighted by molar-refractivity contribution is 5.97. The SMILES string of the molecule is COc1ccc(Cn2nc3ccc(N4CCN(C(=O)OC(C)(C)C)CC4=O)cn3c2=O)cc1. The van der Waals surface area contributed by atoms with Crippen molar-refractivity contribution in [3.63, 3.8) is 0 Å². The molecular formula is C23H27N5O5. The monoisotopic (exact) mass is 453 g/mol. The van der Waals surface area contributed by atoms with Gasteiger partial charge in [0.1, 0.15) is 17.9 Å². The van der Waals surface area contributed by atoms with Gasteiger partial charge in [-0.25, -0.2) is 18.7 Å². The first-order valence-corrected chi connectivity index (χ1v) is 10.6. The molecule has 0 atom stereocenters. The van der Waals surface area contributed by atoms with E-state index in [1.54, 1.807) is 51.1 Å². The Hall–Kier alpha value is -3.82. The largest absolute Gasteiger partial charge is 0.497 e. The second-order valence-corrected chi connectivity index (χ2v) is 8.85. The number of aromatic nitrogens is 3. The quantitative estimate of drug-likeness (QED) is 0.600. The highest BCUT2D eigenvalue weighted by Gasteiger charge is 2.31. The first-order chi connectivity index (χ1) is 15.6. The molecule has 0 spiro atoms. The average molecular weight is 453 g/mol. The lowest BCUT2D eigenvalue weighted by molar-refractivity contribution is -0.121. The summed E-state index contributed by atoms with van der Waals surface area (Å²) in [5, 5.41) is 4.39. The molecule has 1 aliphatic rings. The minimum absolute atomic E-state index is 0.0847. The van der Waals surface area contributed by atoms with Gasteiger partial charge in [0.15, 0.2) is 5.65 Å². The molecule has 0 N–H and O–H groups in total. The number of piperazine rings is 1. The van der Waals surface area contributed by atoms with Crippen molar-refractivity contribution in [3.8, 4) is 5.75 Å². The molecule has 3 aromatic rings. The molecule has 3 heterocycles. The number of nitrogens with zero attached hydrogens (tertiary/aromatic N) is 5. The Morgan fingerprint density at radius 1 is 1.06 bits per heavy atom. The number of pyridine rings is 1. The van der Waals surface area contributed by atoms with E-state index in [9.17, 15) is 14.4 Å². The zero-order chi connectivity index (χ0) is 23.8. The minimum atomic E-state index is -0.630. The lowest BCUT2D eigenvalue weighted by Gasteiger charge is -2.35. The molecule has 4 rings (SSSR count). The van der Waals surface area contributed by atoms with E-state index in [1.807, 2.05) is 24.3 Å². The van der Waals surface area contributed by atoms with E-state index in [2.05, 4.69) is 5.10 Å². The van der Waals surface area contributed by atoms with Crippen LogP contribution in [0.25, 0.3) is 5.65 Å². The van der Waals surface area contributed by atoms with Gasteiger partial charge in [0.2, 0.25) is 5.91 Å². The molecule has 33 heavy (non-hydrogen) atoms. The zero-order valence-corrected chi connectivity index (χ0v) is 19.1. The number of benzene rings is 1. The lowest BCUT2D eigenvalue weighted by Crippen LogP contribution is -2.53. The second kappa shape index (κ2) is 8.61. The Kier molecular flexibility index (Phi) is 5.84. The lowest BCUT2D eigenvalue weighted by atomic mass is 10.2. The van der Waals surface area contributed by atoms with Crippen LogP contribution in [-0.4, -0.2) is 63.4 Å². The fraction of sp³-hybridized carbons (Fsp3) is 0.391. The van der Waals surface area contributed by atoms with E-state index in [4.69, 9.17) is 9.47 Å². The Balaban J connectivity index is 1.51. The van der Waals surface area contributed by atoms with Crippen LogP contribution in [-0.2, 0) is 16.1 Å². The summed E-state index contributed by atoms with van der Waals surface area (Å²) in [4.78, 5) is 40.9. The predicted molar refractivity (Wildman–Crippen MR) is 122 cm³/mol. The van der Waals surface area contributed by atoms with Crippen LogP contribution in [0, 0.1) is 0 Å². The Bertz CT molecular complexity index is 1240. The summed E-state index contributed by atoms with van der Waals surface area (Å²) < 4.78 is 13.3. The van der Waals surface area contributed by atoms with Gasteiger partial charge in [-0.3, -0.25) is 9.69 Å². The van der Waals surface area contributed by atoms with Crippen molar-refractivity contribution in [2.45, 2.75) is 32.9 Å². The van der Waals surface area contributed by atoms with E-state index in [1.165, 1.54) is 14.0 Å². The van der Waals surface area contributed by atoms with Crippen LogP contribution in [0.4, 0.5) is 10.5 Å². The smallest absolute Gasteiger partial charge is 0.410 e. The number of anilines is 1. The summed E-state index contributed by atoms with van der Waals surface area (Å²) in [6.07, 6.45) is 1.10. The third kappa shape index (κ3) is 4.84. The van der Waals surface area contributed by atoms with E-state index >= 15 is 0 Å². The highest BCUT2D eigenvalue weighted by atomic mass is 16.6. The van der Waals surface area contributed by atoms with Gasteiger partial charge in [-0.1, -0.05) is 12.1 Å². The number of amides is 2. The number of carbonyl (C=O) groups excluding carboxylic acids is 2. The van der Waals surface area contributed by atoms with Crippen LogP contribution in [0.3, 0.4) is 0 Å². The van der Waals surface area contributed by atoms with Gasteiger partial charge in [-0.05, 0) is 50.6 Å². The number of ether oxygens (including phenoxy) is 2. The van der Waals surface area contributed by atoms with Gasteiger partial charge < -0.3 is 14.4 Å². The summed E-state index contributed by atoms with van der Waals surface area (Å²) in [6.45, 7) is 6.22. The van der Waals surface area contributed by atoms with Gasteiger partial charge >= 0.3 is 11.8 Å². The van der Waals surface area contributed by atoms with E-state index in [-0.39, 0.29) is 18.1 Å². The predicted octanol–water partition coefficient (Wildman–Crippen LogP) is 2.14. The molecule has 10 nitrogen and oxygen atoms in total. The fourth-order valence-corrected chi connectivity index (χ4v) is 3.60. The molecule has 2 aromatic heterocycles. The Labute approximate surface area is 190 Å². The summed E-state index contributed by atoms with van der Waals surface area (Å²) in [7, 11) is 1.60. The molecule has 0 aliphatic carbocycles. The van der Waals surface area contributed by atoms with Crippen LogP contribution >= 0.6 is 0 Å². The van der Waals surface area contributed by atoms with Crippen LogP contribution in [0.1, 0.15) is 26.3 Å². The molecule has 1 aromatic carbocycles. The molecule has 0 radical (unpaired) electrons. The second-order valence-electron chi connectivity index (χ2n) is 8.85. The van der Waals surface area contributed by atoms with Gasteiger partial charge in [0, 0.05) is 19.3 Å². The first-order valence-electron chi connectivity index (χ1n) is 10.6. The van der Waals surface area contributed by atoms with Crippen molar-refractivity contribution in [2.24, 2.45) is 0 Å². The average Bonchev–Trinajstić information content (AvgIpc) is 3.07. The maximum absolute atomic E-state index is 12.9. The number of rotatable bonds is 4. The number of hydrogen-bond acceptors (Lipinski definition) is 6. The maximum atomic E-state index is 12.9. The molecule has 0 unspecified atom stereocenters. The first kappa shape index (κ1) is 22.4. The van der Waals surface area contributed by atoms with Gasteiger partial charge in [-0.15, -0.1) is 5.10 Å². The third-order valence-electron chi connectivity index (χ3n) is 5.24. The van der Waals surface area contributed by atoms with Crippen molar-refractivity contribution in [2.75, 3.05) is 31.6 Å². The summed E-state index contributed by atoms with van der Waals surface area (Å²) >= 11 is 0. The van der Waals surface area contributed by atoms with E-state index in [0.29, 0.717) is 31.0 Å². The molecule has 0 saturated carbocycles. The molecule has 1 saturated heterocycles. The number of hydrogen-bond donors (Lipinski definition) is 0. The zero-order valence-electron chi connectivity index (χ0n) is 19.1. The summed E-state index contributed by atoms with van der Waals surface area (Å²) in [5.41, 5.74) is 1.03. The number of carbonyl (C=O) groups is 2. The molecule has 10 heteroatoms. The van der Waals surface area contributed by atoms with Crippen LogP contribution in [0.2, 0.25) is 0 Å². The molecule has 174 valence electrons. The van der Waals surface area contributed by atoms with Crippen molar-refractivity contribution < 1.29 is 19.1 Å². The number of fused-ring (bicyclic) bond motifs is 1. The molecular weight excluding hydrogens is 426 g/mol. The maximum Gasteiger partial charge on any atom is 0.410 e. The molecule has 1 aliphatic heterocycles. The number of methoxy groups -OCH3 is 1. The topological polar surface area (TPSA) is 98.4 Å². The molecule has 0 bridgehead atoms. The van der Waals surface area contributed by atoms with Crippen LogP contribution < -0.4 is 15.3 Å². The third-order valence-corrected chi connectivity index (χ3v) is 5.24. The van der Waals surface area contributed by atoms with Crippen molar-refractivity contribution in [3.05, 3.63) is 58.6 Å². The van der Waals surface area contributed by atoms with Gasteiger partial charge in [-0.2, -0.15) is 0 Å². The summed E-state index contributed by atoms with van der Waals surface area (Å²) in [5.74, 6) is 0.493. The Morgan fingerprint density at radius 2 is 1.79 bits per heavy atom. The Morgan fingerprint density at radius 3 is 2.42 bits per heavy atom. The van der Waals surface area contributed by atoms with Gasteiger partial charge in [0.05, 0.1) is 19.3 Å². The van der Waals surface area contributed by atoms with E-state index in [0.717, 1.165) is 11.3 Å². The normalized spacial score (nSPS) is 14.6. The van der Waals surface area contributed by atoms with Crippen LogP contribution in [0.15, 0.2) is 47.4 Å². The van der Waals surface area contributed by atoms with Crippen LogP contribution in [0.5, 0.6) is 5.75 Å². The summed E-state index contributed by atoms with van der Waals surface area (Å²) in [6, 6.07) is 10.9. The standard InChI is InChI=1S/C23H27N5O5/c1-23(2,3)33-22(31)25-11-12-26(20(29)15-25)17-7-10-19-24-28(21(30)27(19)14-17)13-16-5-8-18(32-4)9-6-16/h5-10,14H,11-13,15H2,1-4H3. The highest BCUT2D eigenvalue weighted by Crippen LogP contribution is 2.19. The van der Waals surface area contributed by atoms with Crippen molar-refractivity contribution >= 4 is 23.3 Å². The molecule has 2 amide bonds.